The van der Waals surface area contributed by atoms with Gasteiger partial charge in [0.2, 0.25) is 5.96 Å². The fourth-order valence-corrected chi connectivity index (χ4v) is 3.93. The first-order valence-corrected chi connectivity index (χ1v) is 9.26. The van der Waals surface area contributed by atoms with E-state index in [1.807, 2.05) is 5.38 Å². The van der Waals surface area contributed by atoms with Crippen LogP contribution in [0.25, 0.3) is 0 Å². The molecule has 1 aromatic heterocycles. The highest BCUT2D eigenvalue weighted by Gasteiger charge is 2.31. The monoisotopic (exact) mass is 335 g/mol. The summed E-state index contributed by atoms with van der Waals surface area (Å²) in [5.74, 6) is 1.29. The van der Waals surface area contributed by atoms with Gasteiger partial charge in [-0.1, -0.05) is 13.8 Å². The van der Waals surface area contributed by atoms with Gasteiger partial charge in [0, 0.05) is 31.6 Å². The molecule has 2 aliphatic rings. The van der Waals surface area contributed by atoms with E-state index < -0.39 is 0 Å². The molecular weight excluding hydrogens is 310 g/mol. The summed E-state index contributed by atoms with van der Waals surface area (Å²) in [6.45, 7) is 7.79. The van der Waals surface area contributed by atoms with Gasteiger partial charge in [-0.05, 0) is 25.2 Å². The first-order chi connectivity index (χ1) is 11.1. The third-order valence-electron chi connectivity index (χ3n) is 4.20. The van der Waals surface area contributed by atoms with Crippen molar-refractivity contribution in [2.75, 3.05) is 26.2 Å². The van der Waals surface area contributed by atoms with Crippen molar-refractivity contribution >= 4 is 23.2 Å². The van der Waals surface area contributed by atoms with Crippen molar-refractivity contribution in [1.29, 1.82) is 0 Å². The zero-order chi connectivity index (χ0) is 16.4. The fourth-order valence-electron chi connectivity index (χ4n) is 3.12. The van der Waals surface area contributed by atoms with Gasteiger partial charge in [0.15, 0.2) is 0 Å². The van der Waals surface area contributed by atoms with Crippen LogP contribution in [0.3, 0.4) is 0 Å². The highest BCUT2D eigenvalue weighted by atomic mass is 32.1. The fraction of sp³-hybridized carbons (Fsp3) is 0.688. The number of nitrogens with zero attached hydrogens (tertiary/aromatic N) is 4. The number of carbonyl (C=O) groups is 1. The van der Waals surface area contributed by atoms with Crippen molar-refractivity contribution in [3.05, 3.63) is 16.1 Å². The molecule has 23 heavy (non-hydrogen) atoms. The summed E-state index contributed by atoms with van der Waals surface area (Å²) in [6, 6.07) is -0.0913. The summed E-state index contributed by atoms with van der Waals surface area (Å²) in [4.78, 5) is 25.9. The van der Waals surface area contributed by atoms with Crippen LogP contribution in [0, 0.1) is 5.92 Å². The number of guanidine groups is 1. The third kappa shape index (κ3) is 3.55. The minimum Gasteiger partial charge on any atom is -0.342 e. The maximum Gasteiger partial charge on any atom is 0.280 e. The summed E-state index contributed by atoms with van der Waals surface area (Å²) in [6.07, 6.45) is 2.93. The molecule has 126 valence electrons. The van der Waals surface area contributed by atoms with Crippen LogP contribution in [-0.2, 0) is 0 Å². The first kappa shape index (κ1) is 16.4. The first-order valence-electron chi connectivity index (χ1n) is 8.38. The van der Waals surface area contributed by atoms with Crippen molar-refractivity contribution in [2.45, 2.75) is 39.2 Å². The van der Waals surface area contributed by atoms with Crippen molar-refractivity contribution in [3.63, 3.8) is 0 Å². The van der Waals surface area contributed by atoms with Crippen molar-refractivity contribution in [2.24, 2.45) is 16.6 Å². The van der Waals surface area contributed by atoms with Gasteiger partial charge in [-0.3, -0.25) is 14.7 Å². The molecule has 0 bridgehead atoms. The maximum absolute atomic E-state index is 12.8. The molecule has 1 amide bonds. The van der Waals surface area contributed by atoms with E-state index >= 15 is 0 Å². The smallest absolute Gasteiger partial charge is 0.280 e. The summed E-state index contributed by atoms with van der Waals surface area (Å²) in [5.41, 5.74) is 6.68. The number of nitrogens with two attached hydrogens (primary N) is 1. The van der Waals surface area contributed by atoms with Crippen LogP contribution in [0.1, 0.15) is 54.6 Å². The molecule has 2 aliphatic heterocycles. The average molecular weight is 335 g/mol. The van der Waals surface area contributed by atoms with Gasteiger partial charge in [0.05, 0.1) is 6.04 Å². The topological polar surface area (TPSA) is 74.8 Å². The van der Waals surface area contributed by atoms with E-state index in [9.17, 15) is 4.79 Å². The Morgan fingerprint density at radius 1 is 1.35 bits per heavy atom. The van der Waals surface area contributed by atoms with Gasteiger partial charge in [-0.25, -0.2) is 4.98 Å². The average Bonchev–Trinajstić information content (AvgIpc) is 3.03. The number of carbonyl (C=O) groups excluding carboxylic acids is 1. The van der Waals surface area contributed by atoms with E-state index in [0.717, 1.165) is 56.4 Å². The minimum absolute atomic E-state index is 0.0467. The summed E-state index contributed by atoms with van der Waals surface area (Å²) < 4.78 is 0. The van der Waals surface area contributed by atoms with Gasteiger partial charge in [-0.15, -0.1) is 11.3 Å². The lowest BCUT2D eigenvalue weighted by atomic mass is 10.1. The van der Waals surface area contributed by atoms with Crippen LogP contribution in [0.15, 0.2) is 10.4 Å². The molecule has 0 radical (unpaired) electrons. The quantitative estimate of drug-likeness (QED) is 0.914. The lowest BCUT2D eigenvalue weighted by molar-refractivity contribution is 0.0795. The Labute approximate surface area is 141 Å². The number of thiazole rings is 1. The molecule has 1 aromatic rings. The van der Waals surface area contributed by atoms with Crippen molar-refractivity contribution < 1.29 is 4.79 Å². The Balaban J connectivity index is 1.75. The predicted octanol–water partition coefficient (Wildman–Crippen LogP) is 2.10. The van der Waals surface area contributed by atoms with Crippen molar-refractivity contribution in [3.8, 4) is 0 Å². The van der Waals surface area contributed by atoms with Gasteiger partial charge in [-0.2, -0.15) is 0 Å². The van der Waals surface area contributed by atoms with Gasteiger partial charge in [0.1, 0.15) is 10.7 Å². The Morgan fingerprint density at radius 3 is 2.91 bits per heavy atom. The highest BCUT2D eigenvalue weighted by molar-refractivity contribution is 7.09. The summed E-state index contributed by atoms with van der Waals surface area (Å²) >= 11 is 1.48. The van der Waals surface area contributed by atoms with Crippen LogP contribution in [0.2, 0.25) is 0 Å². The zero-order valence-electron chi connectivity index (χ0n) is 13.9. The molecule has 6 nitrogen and oxygen atoms in total. The Bertz CT molecular complexity index is 597. The van der Waals surface area contributed by atoms with E-state index in [-0.39, 0.29) is 11.9 Å². The second-order valence-corrected chi connectivity index (χ2v) is 7.53. The third-order valence-corrected chi connectivity index (χ3v) is 5.18. The lowest BCUT2D eigenvalue weighted by Crippen LogP contribution is -2.54. The summed E-state index contributed by atoms with van der Waals surface area (Å²) in [7, 11) is 0. The molecule has 3 rings (SSSR count). The van der Waals surface area contributed by atoms with Crippen LogP contribution in [-0.4, -0.2) is 52.8 Å². The van der Waals surface area contributed by atoms with Crippen LogP contribution < -0.4 is 5.73 Å². The molecule has 7 heteroatoms. The van der Waals surface area contributed by atoms with Gasteiger partial charge < -0.3 is 10.6 Å². The number of hydrogen-bond acceptors (Lipinski definition) is 6. The second kappa shape index (κ2) is 6.97. The number of hydrogen-bond donors (Lipinski definition) is 1. The van der Waals surface area contributed by atoms with E-state index in [1.54, 1.807) is 4.90 Å². The molecule has 2 N–H and O–H groups in total. The Hall–Kier alpha value is -1.47. The molecule has 3 heterocycles. The molecule has 0 aromatic carbocycles. The molecule has 0 aliphatic carbocycles. The highest BCUT2D eigenvalue weighted by Crippen LogP contribution is 2.24. The Morgan fingerprint density at radius 2 is 2.13 bits per heavy atom. The molecule has 1 unspecified atom stereocenters. The Kier molecular flexibility index (Phi) is 4.96. The molecule has 0 spiro atoms. The predicted molar refractivity (Wildman–Crippen MR) is 92.6 cm³/mol. The number of aromatic nitrogens is 1. The van der Waals surface area contributed by atoms with E-state index in [1.165, 1.54) is 11.3 Å². The van der Waals surface area contributed by atoms with E-state index in [2.05, 4.69) is 28.7 Å². The normalized spacial score (nSPS) is 19.6. The largest absolute Gasteiger partial charge is 0.342 e. The van der Waals surface area contributed by atoms with Gasteiger partial charge in [0.25, 0.3) is 5.91 Å². The number of fused-ring (bicyclic) bond motifs is 1. The lowest BCUT2D eigenvalue weighted by Gasteiger charge is -2.39. The minimum atomic E-state index is -0.0913. The molecule has 1 saturated heterocycles. The van der Waals surface area contributed by atoms with Crippen LogP contribution in [0.4, 0.5) is 0 Å². The van der Waals surface area contributed by atoms with E-state index in [0.29, 0.717) is 11.6 Å². The zero-order valence-corrected chi connectivity index (χ0v) is 14.7. The summed E-state index contributed by atoms with van der Waals surface area (Å²) in [5, 5.41) is 2.68. The number of amides is 1. The molecule has 1 fully saturated rings. The van der Waals surface area contributed by atoms with E-state index in [4.69, 9.17) is 5.73 Å². The van der Waals surface area contributed by atoms with Crippen LogP contribution in [0.5, 0.6) is 0 Å². The molecular formula is C16H25N5OS. The SMILES string of the molecule is CC(C)CC(N)c1nc(C(=O)N2CCCN3CCCN=C32)cs1. The molecule has 1 atom stereocenters. The second-order valence-electron chi connectivity index (χ2n) is 6.64. The van der Waals surface area contributed by atoms with Crippen LogP contribution >= 0.6 is 11.3 Å². The standard InChI is InChI=1S/C16H25N5OS/c1-11(2)9-12(17)14-19-13(10-23-14)15(22)21-8-4-7-20-6-3-5-18-16(20)21/h10-12H,3-9,17H2,1-2H3. The van der Waals surface area contributed by atoms with Crippen molar-refractivity contribution in [1.82, 2.24) is 14.8 Å². The van der Waals surface area contributed by atoms with Gasteiger partial charge >= 0.3 is 0 Å². The maximum atomic E-state index is 12.8. The molecule has 0 saturated carbocycles. The number of rotatable bonds is 4. The number of aliphatic imine (C=N–C) groups is 1.